The molecule has 0 spiro atoms. The van der Waals surface area contributed by atoms with Crippen LogP contribution in [0.15, 0.2) is 0 Å². The number of rotatable bonds is 3. The minimum Gasteiger partial charge on any atom is -0.364 e. The van der Waals surface area contributed by atoms with Gasteiger partial charge in [-0.2, -0.15) is 0 Å². The van der Waals surface area contributed by atoms with Crippen LogP contribution in [0.4, 0.5) is 0 Å². The summed E-state index contributed by atoms with van der Waals surface area (Å²) in [6.45, 7) is 4.50. The van der Waals surface area contributed by atoms with Gasteiger partial charge in [-0.3, -0.25) is 4.79 Å². The summed E-state index contributed by atoms with van der Waals surface area (Å²) in [6.07, 6.45) is 1.51. The fourth-order valence-electron chi connectivity index (χ4n) is 1.54. The van der Waals surface area contributed by atoms with Gasteiger partial charge in [0.25, 0.3) is 5.91 Å². The van der Waals surface area contributed by atoms with Gasteiger partial charge in [0.2, 0.25) is 0 Å². The van der Waals surface area contributed by atoms with E-state index in [0.717, 1.165) is 12.8 Å². The van der Waals surface area contributed by atoms with Crippen molar-refractivity contribution in [3.63, 3.8) is 0 Å². The third-order valence-corrected chi connectivity index (χ3v) is 2.77. The predicted octanol–water partition coefficient (Wildman–Crippen LogP) is 0.359. The first kappa shape index (κ1) is 11.5. The lowest BCUT2D eigenvalue weighted by molar-refractivity contribution is -0.142. The number of nitrogens with zero attached hydrogens (tertiary/aromatic N) is 1. The van der Waals surface area contributed by atoms with Gasteiger partial charge < -0.3 is 15.4 Å². The maximum Gasteiger partial charge on any atom is 0.251 e. The van der Waals surface area contributed by atoms with E-state index >= 15 is 0 Å². The van der Waals surface area contributed by atoms with Gasteiger partial charge in [-0.25, -0.2) is 0 Å². The molecule has 4 heteroatoms. The van der Waals surface area contributed by atoms with Crippen molar-refractivity contribution >= 4 is 5.91 Å². The minimum atomic E-state index is -0.268. The Kier molecular flexibility index (Phi) is 3.89. The van der Waals surface area contributed by atoms with Crippen LogP contribution in [0.5, 0.6) is 0 Å². The zero-order valence-electron chi connectivity index (χ0n) is 9.19. The molecule has 2 N–H and O–H groups in total. The van der Waals surface area contributed by atoms with E-state index in [-0.39, 0.29) is 24.2 Å². The van der Waals surface area contributed by atoms with Gasteiger partial charge >= 0.3 is 0 Å². The topological polar surface area (TPSA) is 55.6 Å². The lowest BCUT2D eigenvalue weighted by Crippen LogP contribution is -2.40. The third kappa shape index (κ3) is 2.45. The molecule has 2 unspecified atom stereocenters. The number of carbonyl (C=O) groups is 1. The molecule has 1 fully saturated rings. The van der Waals surface area contributed by atoms with E-state index in [1.165, 1.54) is 0 Å². The molecule has 0 aliphatic carbocycles. The third-order valence-electron chi connectivity index (χ3n) is 2.77. The molecule has 1 rings (SSSR count). The number of hydrogen-bond donors (Lipinski definition) is 1. The van der Waals surface area contributed by atoms with E-state index in [1.807, 2.05) is 20.9 Å². The molecule has 82 valence electrons. The van der Waals surface area contributed by atoms with Crippen molar-refractivity contribution in [2.24, 2.45) is 5.73 Å². The lowest BCUT2D eigenvalue weighted by atomic mass is 10.1. The van der Waals surface area contributed by atoms with Crippen molar-refractivity contribution in [3.8, 4) is 0 Å². The summed E-state index contributed by atoms with van der Waals surface area (Å²) in [7, 11) is 1.81. The van der Waals surface area contributed by atoms with Crippen molar-refractivity contribution in [1.29, 1.82) is 0 Å². The van der Waals surface area contributed by atoms with Crippen molar-refractivity contribution in [1.82, 2.24) is 4.90 Å². The summed E-state index contributed by atoms with van der Waals surface area (Å²) in [6, 6.07) is 0.225. The molecule has 0 aromatic rings. The first-order valence-corrected chi connectivity index (χ1v) is 5.18. The molecule has 14 heavy (non-hydrogen) atoms. The van der Waals surface area contributed by atoms with Crippen LogP contribution in [0.25, 0.3) is 0 Å². The quantitative estimate of drug-likeness (QED) is 0.715. The van der Waals surface area contributed by atoms with Gasteiger partial charge in [-0.15, -0.1) is 0 Å². The monoisotopic (exact) mass is 200 g/mol. The summed E-state index contributed by atoms with van der Waals surface area (Å²) in [5, 5.41) is 0. The van der Waals surface area contributed by atoms with E-state index < -0.39 is 0 Å². The molecule has 4 nitrogen and oxygen atoms in total. The first-order chi connectivity index (χ1) is 6.56. The van der Waals surface area contributed by atoms with E-state index in [0.29, 0.717) is 6.54 Å². The van der Waals surface area contributed by atoms with Crippen molar-refractivity contribution in [2.45, 2.75) is 44.9 Å². The highest BCUT2D eigenvalue weighted by molar-refractivity contribution is 5.81. The highest BCUT2D eigenvalue weighted by Crippen LogP contribution is 2.20. The van der Waals surface area contributed by atoms with Crippen molar-refractivity contribution in [3.05, 3.63) is 0 Å². The van der Waals surface area contributed by atoms with Gasteiger partial charge in [-0.1, -0.05) is 0 Å². The van der Waals surface area contributed by atoms with Crippen LogP contribution in [0, 0.1) is 0 Å². The molecule has 1 aliphatic heterocycles. The zero-order valence-corrected chi connectivity index (χ0v) is 9.19. The van der Waals surface area contributed by atoms with Crippen LogP contribution in [-0.2, 0) is 9.53 Å². The van der Waals surface area contributed by atoms with E-state index in [4.69, 9.17) is 10.5 Å². The largest absolute Gasteiger partial charge is 0.364 e. The van der Waals surface area contributed by atoms with Crippen molar-refractivity contribution in [2.75, 3.05) is 13.6 Å². The number of hydrogen-bond acceptors (Lipinski definition) is 3. The zero-order chi connectivity index (χ0) is 10.7. The van der Waals surface area contributed by atoms with E-state index in [9.17, 15) is 4.79 Å². The fourth-order valence-corrected chi connectivity index (χ4v) is 1.54. The highest BCUT2D eigenvalue weighted by Gasteiger charge is 2.32. The summed E-state index contributed by atoms with van der Waals surface area (Å²) in [5.74, 6) is 0.0796. The molecule has 2 atom stereocenters. The average Bonchev–Trinajstić information content (AvgIpc) is 2.63. The van der Waals surface area contributed by atoms with Gasteiger partial charge in [0.15, 0.2) is 0 Å². The Morgan fingerprint density at radius 1 is 1.57 bits per heavy atom. The van der Waals surface area contributed by atoms with Gasteiger partial charge in [0, 0.05) is 19.6 Å². The molecule has 0 radical (unpaired) electrons. The van der Waals surface area contributed by atoms with Gasteiger partial charge in [0.05, 0.1) is 6.10 Å². The van der Waals surface area contributed by atoms with E-state index in [1.54, 1.807) is 4.90 Å². The normalized spacial score (nSPS) is 26.9. The maximum absolute atomic E-state index is 11.8. The van der Waals surface area contributed by atoms with Gasteiger partial charge in [-0.05, 0) is 26.7 Å². The second-order valence-electron chi connectivity index (χ2n) is 4.10. The van der Waals surface area contributed by atoms with Crippen LogP contribution in [0.3, 0.4) is 0 Å². The highest BCUT2D eigenvalue weighted by atomic mass is 16.5. The first-order valence-electron chi connectivity index (χ1n) is 5.18. The Balaban J connectivity index is 2.47. The van der Waals surface area contributed by atoms with Crippen molar-refractivity contribution < 1.29 is 9.53 Å². The molecule has 0 aromatic carbocycles. The molecule has 0 saturated carbocycles. The lowest BCUT2D eigenvalue weighted by Gasteiger charge is -2.24. The number of amides is 1. The molecule has 0 bridgehead atoms. The van der Waals surface area contributed by atoms with E-state index in [2.05, 4.69) is 0 Å². The molecule has 1 aliphatic rings. The van der Waals surface area contributed by atoms with Crippen LogP contribution >= 0.6 is 0 Å². The maximum atomic E-state index is 11.8. The molecule has 1 saturated heterocycles. The molecule has 0 aromatic heterocycles. The molecular weight excluding hydrogens is 180 g/mol. The Labute approximate surface area is 85.4 Å². The number of ether oxygens (including phenoxy) is 1. The standard InChI is InChI=1S/C10H20N2O2/c1-7(2)12(3)10(13)9-5-4-8(6-11)14-9/h7-9H,4-6,11H2,1-3H3. The summed E-state index contributed by atoms with van der Waals surface area (Å²) >= 11 is 0. The number of nitrogens with two attached hydrogens (primary N) is 1. The Hall–Kier alpha value is -0.610. The van der Waals surface area contributed by atoms with Gasteiger partial charge in [0.1, 0.15) is 6.10 Å². The summed E-state index contributed by atoms with van der Waals surface area (Å²) in [4.78, 5) is 13.5. The Morgan fingerprint density at radius 3 is 2.64 bits per heavy atom. The Bertz CT molecular complexity index is 206. The smallest absolute Gasteiger partial charge is 0.251 e. The predicted molar refractivity (Wildman–Crippen MR) is 54.9 cm³/mol. The Morgan fingerprint density at radius 2 is 2.21 bits per heavy atom. The SMILES string of the molecule is CC(C)N(C)C(=O)C1CCC(CN)O1. The number of likely N-dealkylation sites (N-methyl/N-ethyl adjacent to an activating group) is 1. The van der Waals surface area contributed by atoms with Crippen LogP contribution in [0.2, 0.25) is 0 Å². The molecule has 1 amide bonds. The fraction of sp³-hybridized carbons (Fsp3) is 0.900. The second kappa shape index (κ2) is 4.75. The van der Waals surface area contributed by atoms with Crippen LogP contribution in [-0.4, -0.2) is 42.6 Å². The average molecular weight is 200 g/mol. The summed E-state index contributed by atoms with van der Waals surface area (Å²) in [5.41, 5.74) is 5.48. The summed E-state index contributed by atoms with van der Waals surface area (Å²) < 4.78 is 5.53. The molecule has 1 heterocycles. The van der Waals surface area contributed by atoms with Crippen LogP contribution < -0.4 is 5.73 Å². The second-order valence-corrected chi connectivity index (χ2v) is 4.10. The molecular formula is C10H20N2O2. The number of carbonyl (C=O) groups excluding carboxylic acids is 1. The minimum absolute atomic E-state index is 0.0736. The van der Waals surface area contributed by atoms with Crippen LogP contribution in [0.1, 0.15) is 26.7 Å².